The Morgan fingerprint density at radius 3 is 2.75 bits per heavy atom. The second-order valence-corrected chi connectivity index (χ2v) is 3.43. The van der Waals surface area contributed by atoms with Gasteiger partial charge in [0.15, 0.2) is 0 Å². The predicted octanol–water partition coefficient (Wildman–Crippen LogP) is 2.02. The molecule has 0 fully saturated rings. The molecule has 1 heterocycles. The van der Waals surface area contributed by atoms with Gasteiger partial charge in [0.25, 0.3) is 0 Å². The van der Waals surface area contributed by atoms with Crippen molar-refractivity contribution < 1.29 is 14.3 Å². The number of carboxylic acid groups (broad SMARTS) is 1. The van der Waals surface area contributed by atoms with Gasteiger partial charge in [-0.05, 0) is 24.6 Å². The van der Waals surface area contributed by atoms with Gasteiger partial charge >= 0.3 is 5.97 Å². The molecule has 0 aliphatic rings. The Labute approximate surface area is 90.9 Å². The highest BCUT2D eigenvalue weighted by Gasteiger charge is 2.11. The topological polar surface area (TPSA) is 55.1 Å². The molecule has 1 aromatic heterocycles. The van der Waals surface area contributed by atoms with Gasteiger partial charge in [0.1, 0.15) is 5.82 Å². The number of carbonyl (C=O) groups is 1. The van der Waals surface area contributed by atoms with Crippen LogP contribution < -0.4 is 0 Å². The second-order valence-electron chi connectivity index (χ2n) is 3.43. The fraction of sp³-hybridized carbons (Fsp3) is 0.0909. The van der Waals surface area contributed by atoms with Gasteiger partial charge in [-0.2, -0.15) is 5.10 Å². The van der Waals surface area contributed by atoms with E-state index in [-0.39, 0.29) is 5.56 Å². The monoisotopic (exact) mass is 220 g/mol. The van der Waals surface area contributed by atoms with E-state index in [9.17, 15) is 9.18 Å². The largest absolute Gasteiger partial charge is 0.478 e. The van der Waals surface area contributed by atoms with Crippen LogP contribution in [0.25, 0.3) is 5.69 Å². The van der Waals surface area contributed by atoms with Crippen molar-refractivity contribution in [2.24, 2.45) is 0 Å². The molecule has 0 bridgehead atoms. The van der Waals surface area contributed by atoms with E-state index in [1.54, 1.807) is 12.4 Å². The normalized spacial score (nSPS) is 10.4. The number of aromatic carboxylic acids is 1. The summed E-state index contributed by atoms with van der Waals surface area (Å²) in [7, 11) is 0. The first-order chi connectivity index (χ1) is 7.58. The molecule has 2 aromatic rings. The van der Waals surface area contributed by atoms with E-state index >= 15 is 0 Å². The van der Waals surface area contributed by atoms with Gasteiger partial charge in [0, 0.05) is 12.3 Å². The van der Waals surface area contributed by atoms with E-state index in [4.69, 9.17) is 5.11 Å². The van der Waals surface area contributed by atoms with Crippen LogP contribution in [0.5, 0.6) is 0 Å². The average molecular weight is 220 g/mol. The number of hydrogen-bond donors (Lipinski definition) is 1. The van der Waals surface area contributed by atoms with Crippen LogP contribution in [0.1, 0.15) is 15.9 Å². The lowest BCUT2D eigenvalue weighted by atomic mass is 10.2. The molecule has 0 spiro atoms. The molecule has 0 saturated heterocycles. The smallest absolute Gasteiger partial charge is 0.338 e. The lowest BCUT2D eigenvalue weighted by molar-refractivity contribution is 0.0692. The van der Waals surface area contributed by atoms with Gasteiger partial charge in [-0.25, -0.2) is 13.9 Å². The number of hydrogen-bond acceptors (Lipinski definition) is 2. The first kappa shape index (κ1) is 10.4. The number of carboxylic acids is 1. The number of aromatic nitrogens is 2. The van der Waals surface area contributed by atoms with Crippen molar-refractivity contribution >= 4 is 5.97 Å². The molecule has 16 heavy (non-hydrogen) atoms. The molecular weight excluding hydrogens is 211 g/mol. The first-order valence-corrected chi connectivity index (χ1v) is 4.62. The third kappa shape index (κ3) is 1.79. The van der Waals surface area contributed by atoms with Gasteiger partial charge in [-0.15, -0.1) is 0 Å². The minimum Gasteiger partial charge on any atom is -0.478 e. The van der Waals surface area contributed by atoms with Crippen LogP contribution >= 0.6 is 0 Å². The zero-order valence-corrected chi connectivity index (χ0v) is 8.51. The lowest BCUT2D eigenvalue weighted by Gasteiger charge is -2.03. The number of nitrogens with zero attached hydrogens (tertiary/aromatic N) is 2. The van der Waals surface area contributed by atoms with Crippen LogP contribution in [0.2, 0.25) is 0 Å². The highest BCUT2D eigenvalue weighted by atomic mass is 19.1. The lowest BCUT2D eigenvalue weighted by Crippen LogP contribution is -2.02. The quantitative estimate of drug-likeness (QED) is 0.842. The molecule has 0 aliphatic heterocycles. The predicted molar refractivity (Wildman–Crippen MR) is 55.2 cm³/mol. The standard InChI is InChI=1S/C11H9FN2O2/c1-7-5-13-14(6-7)8-2-3-9(11(15)16)10(12)4-8/h2-6H,1H3,(H,15,16). The fourth-order valence-corrected chi connectivity index (χ4v) is 1.37. The molecule has 1 N–H and O–H groups in total. The highest BCUT2D eigenvalue weighted by Crippen LogP contribution is 2.14. The van der Waals surface area contributed by atoms with Crippen molar-refractivity contribution in [3.63, 3.8) is 0 Å². The Morgan fingerprint density at radius 2 is 2.25 bits per heavy atom. The summed E-state index contributed by atoms with van der Waals surface area (Å²) in [5.41, 5.74) is 1.10. The van der Waals surface area contributed by atoms with Crippen LogP contribution in [0.3, 0.4) is 0 Å². The molecule has 4 nitrogen and oxygen atoms in total. The van der Waals surface area contributed by atoms with Crippen molar-refractivity contribution in [2.45, 2.75) is 6.92 Å². The Morgan fingerprint density at radius 1 is 1.50 bits per heavy atom. The summed E-state index contributed by atoms with van der Waals surface area (Å²) in [6, 6.07) is 3.89. The minimum atomic E-state index is -1.28. The molecule has 0 atom stereocenters. The Balaban J connectivity index is 2.45. The van der Waals surface area contributed by atoms with E-state index in [1.165, 1.54) is 16.8 Å². The third-order valence-corrected chi connectivity index (χ3v) is 2.16. The van der Waals surface area contributed by atoms with Crippen molar-refractivity contribution in [2.75, 3.05) is 0 Å². The SMILES string of the molecule is Cc1cnn(-c2ccc(C(=O)O)c(F)c2)c1. The maximum Gasteiger partial charge on any atom is 0.338 e. The summed E-state index contributed by atoms with van der Waals surface area (Å²) in [5, 5.41) is 12.7. The second kappa shape index (κ2) is 3.77. The maximum atomic E-state index is 13.4. The van der Waals surface area contributed by atoms with Crippen molar-refractivity contribution in [3.8, 4) is 5.69 Å². The molecule has 0 unspecified atom stereocenters. The third-order valence-electron chi connectivity index (χ3n) is 2.16. The van der Waals surface area contributed by atoms with Gasteiger partial charge in [0.2, 0.25) is 0 Å². The maximum absolute atomic E-state index is 13.4. The van der Waals surface area contributed by atoms with Crippen molar-refractivity contribution in [3.05, 3.63) is 47.5 Å². The van der Waals surface area contributed by atoms with Crippen LogP contribution in [-0.2, 0) is 0 Å². The van der Waals surface area contributed by atoms with E-state index in [0.717, 1.165) is 11.6 Å². The fourth-order valence-electron chi connectivity index (χ4n) is 1.37. The molecule has 1 aromatic carbocycles. The summed E-state index contributed by atoms with van der Waals surface area (Å²) >= 11 is 0. The molecule has 2 rings (SSSR count). The van der Waals surface area contributed by atoms with Gasteiger partial charge in [-0.3, -0.25) is 0 Å². The summed E-state index contributed by atoms with van der Waals surface area (Å²) in [6.07, 6.45) is 3.37. The Kier molecular flexibility index (Phi) is 2.44. The summed E-state index contributed by atoms with van der Waals surface area (Å²) in [6.45, 7) is 1.87. The summed E-state index contributed by atoms with van der Waals surface area (Å²) < 4.78 is 14.9. The zero-order chi connectivity index (χ0) is 11.7. The van der Waals surface area contributed by atoms with E-state index in [2.05, 4.69) is 5.10 Å². The van der Waals surface area contributed by atoms with Gasteiger partial charge in [-0.1, -0.05) is 0 Å². The first-order valence-electron chi connectivity index (χ1n) is 4.62. The number of halogens is 1. The van der Waals surface area contributed by atoms with Gasteiger partial charge in [0.05, 0.1) is 17.4 Å². The number of benzene rings is 1. The van der Waals surface area contributed by atoms with Crippen LogP contribution in [-0.4, -0.2) is 20.9 Å². The van der Waals surface area contributed by atoms with Crippen LogP contribution in [0.15, 0.2) is 30.6 Å². The molecule has 0 aliphatic carbocycles. The zero-order valence-electron chi connectivity index (χ0n) is 8.51. The van der Waals surface area contributed by atoms with Crippen LogP contribution in [0, 0.1) is 12.7 Å². The van der Waals surface area contributed by atoms with Crippen LogP contribution in [0.4, 0.5) is 4.39 Å². The van der Waals surface area contributed by atoms with E-state index in [0.29, 0.717) is 5.69 Å². The number of rotatable bonds is 2. The highest BCUT2D eigenvalue weighted by molar-refractivity contribution is 5.88. The number of aryl methyl sites for hydroxylation is 1. The summed E-state index contributed by atoms with van der Waals surface area (Å²) in [5.74, 6) is -2.04. The van der Waals surface area contributed by atoms with E-state index < -0.39 is 11.8 Å². The van der Waals surface area contributed by atoms with Crippen molar-refractivity contribution in [1.29, 1.82) is 0 Å². The molecule has 5 heteroatoms. The molecule has 0 saturated carbocycles. The minimum absolute atomic E-state index is 0.340. The molecule has 0 radical (unpaired) electrons. The Bertz CT molecular complexity index is 549. The van der Waals surface area contributed by atoms with E-state index in [1.807, 2.05) is 6.92 Å². The summed E-state index contributed by atoms with van der Waals surface area (Å²) in [4.78, 5) is 10.6. The Hall–Kier alpha value is -2.17. The van der Waals surface area contributed by atoms with Crippen molar-refractivity contribution in [1.82, 2.24) is 9.78 Å². The molecule has 82 valence electrons. The average Bonchev–Trinajstić information content (AvgIpc) is 2.64. The molecule has 0 amide bonds. The van der Waals surface area contributed by atoms with Gasteiger partial charge < -0.3 is 5.11 Å². The molecular formula is C11H9FN2O2.